The topological polar surface area (TPSA) is 42.4 Å². The van der Waals surface area contributed by atoms with Gasteiger partial charge in [-0.1, -0.05) is 36.4 Å². The predicted molar refractivity (Wildman–Crippen MR) is 85.4 cm³/mol. The maximum atomic E-state index is 12.1. The molecular weight excluding hydrogens is 300 g/mol. The van der Waals surface area contributed by atoms with Crippen LogP contribution in [0.3, 0.4) is 0 Å². The lowest BCUT2D eigenvalue weighted by Crippen LogP contribution is -2.01. The molecule has 1 N–H and O–H groups in total. The number of alkyl halides is 2. The van der Waals surface area contributed by atoms with E-state index >= 15 is 0 Å². The van der Waals surface area contributed by atoms with Gasteiger partial charge < -0.3 is 9.84 Å². The first-order valence-corrected chi connectivity index (χ1v) is 6.93. The minimum absolute atomic E-state index is 0.117. The van der Waals surface area contributed by atoms with Gasteiger partial charge in [0.05, 0.1) is 5.69 Å². The Kier molecular flexibility index (Phi) is 4.19. The van der Waals surface area contributed by atoms with Crippen molar-refractivity contribution in [3.05, 3.63) is 65.9 Å². The molecule has 0 fully saturated rings. The van der Waals surface area contributed by atoms with Crippen LogP contribution in [0.5, 0.6) is 11.5 Å². The van der Waals surface area contributed by atoms with Crippen molar-refractivity contribution < 1.29 is 18.6 Å². The second kappa shape index (κ2) is 6.44. The molecule has 1 aromatic heterocycles. The Morgan fingerprint density at radius 1 is 0.957 bits per heavy atom. The number of fused-ring (bicyclic) bond motifs is 1. The van der Waals surface area contributed by atoms with Gasteiger partial charge in [-0.2, -0.15) is 8.78 Å². The Balaban J connectivity index is 1.81. The van der Waals surface area contributed by atoms with E-state index in [0.717, 1.165) is 10.9 Å². The van der Waals surface area contributed by atoms with E-state index in [1.54, 1.807) is 36.4 Å². The van der Waals surface area contributed by atoms with Gasteiger partial charge in [0.2, 0.25) is 0 Å². The number of para-hydroxylation sites is 1. The summed E-state index contributed by atoms with van der Waals surface area (Å²) in [5, 5.41) is 10.7. The average Bonchev–Trinajstić information content (AvgIpc) is 2.54. The standard InChI is InChI=1S/C18H13F2NO2/c19-18(20)23-15-10-5-12(6-11-15)4-8-14-9-7-13-2-1-3-16(22)17(13)21-14/h1-11,18,22H/b8-4+. The van der Waals surface area contributed by atoms with Gasteiger partial charge in [-0.05, 0) is 35.9 Å². The van der Waals surface area contributed by atoms with Crippen molar-refractivity contribution in [2.45, 2.75) is 6.61 Å². The highest BCUT2D eigenvalue weighted by atomic mass is 19.3. The van der Waals surface area contributed by atoms with E-state index in [-0.39, 0.29) is 11.5 Å². The number of rotatable bonds is 4. The molecule has 3 rings (SSSR count). The average molecular weight is 313 g/mol. The summed E-state index contributed by atoms with van der Waals surface area (Å²) in [7, 11) is 0. The molecule has 0 amide bonds. The van der Waals surface area contributed by atoms with Gasteiger partial charge in [-0.15, -0.1) is 0 Å². The van der Waals surface area contributed by atoms with E-state index in [0.29, 0.717) is 11.2 Å². The van der Waals surface area contributed by atoms with Gasteiger partial charge in [-0.25, -0.2) is 4.98 Å². The smallest absolute Gasteiger partial charge is 0.387 e. The molecule has 0 aliphatic rings. The normalized spacial score (nSPS) is 11.4. The third kappa shape index (κ3) is 3.63. The Labute approximate surface area is 131 Å². The molecule has 2 aromatic carbocycles. The highest BCUT2D eigenvalue weighted by molar-refractivity contribution is 5.85. The van der Waals surface area contributed by atoms with Crippen molar-refractivity contribution in [1.82, 2.24) is 4.98 Å². The summed E-state index contributed by atoms with van der Waals surface area (Å²) < 4.78 is 28.5. The number of benzene rings is 2. The molecule has 0 unspecified atom stereocenters. The van der Waals surface area contributed by atoms with Gasteiger partial charge >= 0.3 is 6.61 Å². The molecule has 1 heterocycles. The summed E-state index contributed by atoms with van der Waals surface area (Å²) in [6.07, 6.45) is 3.59. The second-order valence-electron chi connectivity index (χ2n) is 4.87. The van der Waals surface area contributed by atoms with Crippen LogP contribution < -0.4 is 4.74 Å². The van der Waals surface area contributed by atoms with Gasteiger partial charge in [0, 0.05) is 5.39 Å². The van der Waals surface area contributed by atoms with Crippen LogP contribution in [0.2, 0.25) is 0 Å². The van der Waals surface area contributed by atoms with Crippen molar-refractivity contribution in [2.24, 2.45) is 0 Å². The van der Waals surface area contributed by atoms with Crippen molar-refractivity contribution in [2.75, 3.05) is 0 Å². The van der Waals surface area contributed by atoms with E-state index in [4.69, 9.17) is 0 Å². The molecule has 5 heteroatoms. The molecule has 116 valence electrons. The van der Waals surface area contributed by atoms with Crippen molar-refractivity contribution in [3.8, 4) is 11.5 Å². The molecule has 0 saturated carbocycles. The quantitative estimate of drug-likeness (QED) is 0.758. The van der Waals surface area contributed by atoms with Crippen LogP contribution in [0.1, 0.15) is 11.3 Å². The fraction of sp³-hybridized carbons (Fsp3) is 0.0556. The molecule has 0 radical (unpaired) electrons. The number of pyridine rings is 1. The van der Waals surface area contributed by atoms with Crippen molar-refractivity contribution in [3.63, 3.8) is 0 Å². The van der Waals surface area contributed by atoms with Crippen LogP contribution in [-0.4, -0.2) is 16.7 Å². The molecule has 0 aliphatic heterocycles. The SMILES string of the molecule is Oc1cccc2ccc(/C=C/c3ccc(OC(F)F)cc3)nc12. The van der Waals surface area contributed by atoms with Gasteiger partial charge in [0.25, 0.3) is 0 Å². The van der Waals surface area contributed by atoms with Crippen LogP contribution in [0.25, 0.3) is 23.1 Å². The van der Waals surface area contributed by atoms with Crippen molar-refractivity contribution >= 4 is 23.1 Å². The zero-order valence-electron chi connectivity index (χ0n) is 12.0. The lowest BCUT2D eigenvalue weighted by Gasteiger charge is -2.04. The third-order valence-corrected chi connectivity index (χ3v) is 3.27. The lowest BCUT2D eigenvalue weighted by molar-refractivity contribution is -0.0498. The summed E-state index contributed by atoms with van der Waals surface area (Å²) in [6.45, 7) is -2.83. The number of aromatic hydroxyl groups is 1. The van der Waals surface area contributed by atoms with E-state index in [1.165, 1.54) is 12.1 Å². The Bertz CT molecular complexity index is 845. The molecule has 3 aromatic rings. The van der Waals surface area contributed by atoms with Gasteiger partial charge in [0.15, 0.2) is 0 Å². The fourth-order valence-electron chi connectivity index (χ4n) is 2.18. The highest BCUT2D eigenvalue weighted by Gasteiger charge is 2.03. The number of aromatic nitrogens is 1. The van der Waals surface area contributed by atoms with E-state index in [9.17, 15) is 13.9 Å². The van der Waals surface area contributed by atoms with Crippen molar-refractivity contribution in [1.29, 1.82) is 0 Å². The minimum atomic E-state index is -2.83. The highest BCUT2D eigenvalue weighted by Crippen LogP contribution is 2.23. The number of hydrogen-bond acceptors (Lipinski definition) is 3. The number of nitrogens with zero attached hydrogens (tertiary/aromatic N) is 1. The Morgan fingerprint density at radius 2 is 1.74 bits per heavy atom. The van der Waals surface area contributed by atoms with Crippen LogP contribution in [-0.2, 0) is 0 Å². The third-order valence-electron chi connectivity index (χ3n) is 3.27. The monoisotopic (exact) mass is 313 g/mol. The predicted octanol–water partition coefficient (Wildman–Crippen LogP) is 4.71. The molecule has 0 aliphatic carbocycles. The molecular formula is C18H13F2NO2. The van der Waals surface area contributed by atoms with Gasteiger partial charge in [-0.3, -0.25) is 0 Å². The molecule has 0 saturated heterocycles. The number of halogens is 2. The first kappa shape index (κ1) is 15.0. The number of hydrogen-bond donors (Lipinski definition) is 1. The van der Waals surface area contributed by atoms with Crippen LogP contribution in [0, 0.1) is 0 Å². The maximum Gasteiger partial charge on any atom is 0.387 e. The Hall–Kier alpha value is -2.95. The summed E-state index contributed by atoms with van der Waals surface area (Å²) in [6, 6.07) is 15.2. The van der Waals surface area contributed by atoms with Crippen LogP contribution in [0.15, 0.2) is 54.6 Å². The molecule has 0 bridgehead atoms. The van der Waals surface area contributed by atoms with Gasteiger partial charge in [0.1, 0.15) is 17.0 Å². The zero-order valence-corrected chi connectivity index (χ0v) is 12.0. The first-order chi connectivity index (χ1) is 11.1. The number of ether oxygens (including phenoxy) is 1. The molecule has 0 spiro atoms. The maximum absolute atomic E-state index is 12.1. The molecule has 23 heavy (non-hydrogen) atoms. The summed E-state index contributed by atoms with van der Waals surface area (Å²) in [5.74, 6) is 0.247. The summed E-state index contributed by atoms with van der Waals surface area (Å²) in [4.78, 5) is 4.39. The van der Waals surface area contributed by atoms with Crippen LogP contribution >= 0.6 is 0 Å². The van der Waals surface area contributed by atoms with Crippen LogP contribution in [0.4, 0.5) is 8.78 Å². The zero-order chi connectivity index (χ0) is 16.2. The second-order valence-corrected chi connectivity index (χ2v) is 4.87. The summed E-state index contributed by atoms with van der Waals surface area (Å²) >= 11 is 0. The number of phenols is 1. The Morgan fingerprint density at radius 3 is 2.48 bits per heavy atom. The number of phenolic OH excluding ortho intramolecular Hbond substituents is 1. The fourth-order valence-corrected chi connectivity index (χ4v) is 2.18. The lowest BCUT2D eigenvalue weighted by atomic mass is 10.1. The summed E-state index contributed by atoms with van der Waals surface area (Å²) in [5.41, 5.74) is 2.05. The molecule has 3 nitrogen and oxygen atoms in total. The van der Waals surface area contributed by atoms with E-state index in [2.05, 4.69) is 9.72 Å². The minimum Gasteiger partial charge on any atom is -0.506 e. The molecule has 0 atom stereocenters. The van der Waals surface area contributed by atoms with E-state index < -0.39 is 6.61 Å². The first-order valence-electron chi connectivity index (χ1n) is 6.93. The largest absolute Gasteiger partial charge is 0.506 e. The van der Waals surface area contributed by atoms with E-state index in [1.807, 2.05) is 18.2 Å².